The van der Waals surface area contributed by atoms with Crippen LogP contribution in [-0.2, 0) is 4.74 Å². The maximum absolute atomic E-state index is 9.37. The van der Waals surface area contributed by atoms with Crippen LogP contribution in [0.3, 0.4) is 0 Å². The van der Waals surface area contributed by atoms with Crippen molar-refractivity contribution in [3.05, 3.63) is 35.4 Å². The molecule has 1 saturated heterocycles. The molecule has 1 heterocycles. The first-order valence-electron chi connectivity index (χ1n) is 6.39. The quantitative estimate of drug-likeness (QED) is 0.885. The number of hydrogen-bond donors (Lipinski definition) is 1. The minimum Gasteiger partial charge on any atom is -0.378 e. The summed E-state index contributed by atoms with van der Waals surface area (Å²) >= 11 is 0. The standard InChI is InChI=1S/C15H20N2O/c1-11(2)12-4-6-13(7-5-12)14(17-3)15(8-16)9-18-10-15/h4-7,11,14,17H,9-10H2,1-3H3. The van der Waals surface area contributed by atoms with E-state index in [2.05, 4.69) is 49.5 Å². The van der Waals surface area contributed by atoms with E-state index in [0.29, 0.717) is 19.1 Å². The number of nitrogens with zero attached hydrogens (tertiary/aromatic N) is 1. The Kier molecular flexibility index (Phi) is 3.70. The minimum atomic E-state index is -0.409. The smallest absolute Gasteiger partial charge is 0.123 e. The highest BCUT2D eigenvalue weighted by Gasteiger charge is 2.46. The van der Waals surface area contributed by atoms with Crippen LogP contribution >= 0.6 is 0 Å². The molecule has 3 heteroatoms. The third-order valence-corrected chi connectivity index (χ3v) is 3.72. The van der Waals surface area contributed by atoms with Gasteiger partial charge < -0.3 is 10.1 Å². The maximum Gasteiger partial charge on any atom is 0.123 e. The van der Waals surface area contributed by atoms with E-state index in [4.69, 9.17) is 4.74 Å². The maximum atomic E-state index is 9.37. The molecule has 0 aromatic heterocycles. The third-order valence-electron chi connectivity index (χ3n) is 3.72. The van der Waals surface area contributed by atoms with Crippen LogP contribution in [0.1, 0.15) is 36.9 Å². The summed E-state index contributed by atoms with van der Waals surface area (Å²) in [6.45, 7) is 5.39. The zero-order valence-corrected chi connectivity index (χ0v) is 11.2. The second kappa shape index (κ2) is 5.09. The Balaban J connectivity index is 2.26. The first-order valence-corrected chi connectivity index (χ1v) is 6.39. The first kappa shape index (κ1) is 13.1. The molecule has 0 bridgehead atoms. The average molecular weight is 244 g/mol. The van der Waals surface area contributed by atoms with Crippen molar-refractivity contribution in [3.63, 3.8) is 0 Å². The van der Waals surface area contributed by atoms with Gasteiger partial charge in [0, 0.05) is 0 Å². The molecule has 1 atom stereocenters. The molecule has 1 aromatic carbocycles. The van der Waals surface area contributed by atoms with Gasteiger partial charge in [-0.05, 0) is 24.1 Å². The van der Waals surface area contributed by atoms with E-state index in [1.54, 1.807) is 0 Å². The van der Waals surface area contributed by atoms with Crippen LogP contribution in [0, 0.1) is 16.7 Å². The fraction of sp³-hybridized carbons (Fsp3) is 0.533. The fourth-order valence-electron chi connectivity index (χ4n) is 2.45. The van der Waals surface area contributed by atoms with Gasteiger partial charge in [0.1, 0.15) is 5.41 Å². The van der Waals surface area contributed by atoms with Gasteiger partial charge >= 0.3 is 0 Å². The first-order chi connectivity index (χ1) is 8.63. The molecule has 0 aliphatic carbocycles. The van der Waals surface area contributed by atoms with Crippen molar-refractivity contribution in [2.24, 2.45) is 5.41 Å². The van der Waals surface area contributed by atoms with Crippen LogP contribution in [0.25, 0.3) is 0 Å². The highest BCUT2D eigenvalue weighted by molar-refractivity contribution is 5.30. The largest absolute Gasteiger partial charge is 0.378 e. The van der Waals surface area contributed by atoms with Crippen molar-refractivity contribution in [1.82, 2.24) is 5.32 Å². The number of benzene rings is 1. The summed E-state index contributed by atoms with van der Waals surface area (Å²) in [7, 11) is 1.90. The molecule has 0 saturated carbocycles. The number of rotatable bonds is 4. The van der Waals surface area contributed by atoms with Gasteiger partial charge in [0.15, 0.2) is 0 Å². The van der Waals surface area contributed by atoms with Crippen molar-refractivity contribution in [3.8, 4) is 6.07 Å². The highest BCUT2D eigenvalue weighted by atomic mass is 16.5. The molecule has 96 valence electrons. The lowest BCUT2D eigenvalue weighted by Gasteiger charge is -2.41. The summed E-state index contributed by atoms with van der Waals surface area (Å²) < 4.78 is 5.23. The molecule has 1 aliphatic heterocycles. The van der Waals surface area contributed by atoms with E-state index in [9.17, 15) is 5.26 Å². The molecule has 1 N–H and O–H groups in total. The summed E-state index contributed by atoms with van der Waals surface area (Å²) in [5.41, 5.74) is 2.07. The van der Waals surface area contributed by atoms with E-state index < -0.39 is 5.41 Å². The van der Waals surface area contributed by atoms with Gasteiger partial charge in [-0.15, -0.1) is 0 Å². The van der Waals surface area contributed by atoms with Crippen LogP contribution in [0.5, 0.6) is 0 Å². The predicted molar refractivity (Wildman–Crippen MR) is 71.2 cm³/mol. The summed E-state index contributed by atoms with van der Waals surface area (Å²) in [4.78, 5) is 0. The topological polar surface area (TPSA) is 45.0 Å². The van der Waals surface area contributed by atoms with Crippen molar-refractivity contribution < 1.29 is 4.74 Å². The molecule has 0 radical (unpaired) electrons. The highest BCUT2D eigenvalue weighted by Crippen LogP contribution is 2.40. The fourth-order valence-corrected chi connectivity index (χ4v) is 2.45. The molecule has 2 rings (SSSR count). The lowest BCUT2D eigenvalue weighted by Crippen LogP contribution is -2.50. The molecule has 18 heavy (non-hydrogen) atoms. The Labute approximate surface area is 109 Å². The Hall–Kier alpha value is -1.37. The van der Waals surface area contributed by atoms with Gasteiger partial charge in [-0.1, -0.05) is 38.1 Å². The van der Waals surface area contributed by atoms with Crippen molar-refractivity contribution in [2.45, 2.75) is 25.8 Å². The summed E-state index contributed by atoms with van der Waals surface area (Å²) in [6.07, 6.45) is 0. The molecule has 3 nitrogen and oxygen atoms in total. The van der Waals surface area contributed by atoms with Crippen LogP contribution in [0.4, 0.5) is 0 Å². The van der Waals surface area contributed by atoms with E-state index in [0.717, 1.165) is 5.56 Å². The summed E-state index contributed by atoms with van der Waals surface area (Å²) in [5.74, 6) is 0.532. The minimum absolute atomic E-state index is 0.0393. The van der Waals surface area contributed by atoms with Crippen molar-refractivity contribution >= 4 is 0 Å². The van der Waals surface area contributed by atoms with E-state index >= 15 is 0 Å². The molecule has 0 amide bonds. The second-order valence-electron chi connectivity index (χ2n) is 5.30. The van der Waals surface area contributed by atoms with Gasteiger partial charge in [-0.3, -0.25) is 0 Å². The van der Waals surface area contributed by atoms with Crippen LogP contribution in [0.15, 0.2) is 24.3 Å². The average Bonchev–Trinajstić information content (AvgIpc) is 2.34. The Bertz CT molecular complexity index is 441. The predicted octanol–water partition coefficient (Wildman–Crippen LogP) is 2.61. The lowest BCUT2D eigenvalue weighted by molar-refractivity contribution is -0.0963. The number of nitrogens with one attached hydrogen (secondary N) is 1. The molecule has 1 aliphatic rings. The van der Waals surface area contributed by atoms with Crippen LogP contribution < -0.4 is 5.32 Å². The molecule has 0 spiro atoms. The van der Waals surface area contributed by atoms with Gasteiger partial charge in [0.05, 0.1) is 25.3 Å². The second-order valence-corrected chi connectivity index (χ2v) is 5.30. The number of hydrogen-bond acceptors (Lipinski definition) is 3. The van der Waals surface area contributed by atoms with Gasteiger partial charge in [-0.2, -0.15) is 5.26 Å². The van der Waals surface area contributed by atoms with E-state index in [1.807, 2.05) is 7.05 Å². The molecular formula is C15H20N2O. The number of ether oxygens (including phenoxy) is 1. The SMILES string of the molecule is CNC(c1ccc(C(C)C)cc1)C1(C#N)COC1. The molecule has 1 unspecified atom stereocenters. The third kappa shape index (κ3) is 2.14. The van der Waals surface area contributed by atoms with Crippen LogP contribution in [-0.4, -0.2) is 20.3 Å². The van der Waals surface area contributed by atoms with Gasteiger partial charge in [-0.25, -0.2) is 0 Å². The molecular weight excluding hydrogens is 224 g/mol. The zero-order valence-electron chi connectivity index (χ0n) is 11.2. The van der Waals surface area contributed by atoms with Gasteiger partial charge in [0.2, 0.25) is 0 Å². The normalized spacial score (nSPS) is 19.1. The van der Waals surface area contributed by atoms with E-state index in [-0.39, 0.29) is 6.04 Å². The molecule has 1 aromatic rings. The summed E-state index contributed by atoms with van der Waals surface area (Å²) in [5, 5.41) is 12.6. The zero-order chi connectivity index (χ0) is 13.2. The summed E-state index contributed by atoms with van der Waals surface area (Å²) in [6, 6.07) is 11.0. The Morgan fingerprint density at radius 2 is 1.78 bits per heavy atom. The van der Waals surface area contributed by atoms with Gasteiger partial charge in [0.25, 0.3) is 0 Å². The lowest BCUT2D eigenvalue weighted by atomic mass is 9.76. The number of nitriles is 1. The van der Waals surface area contributed by atoms with E-state index in [1.165, 1.54) is 5.56 Å². The van der Waals surface area contributed by atoms with Crippen LogP contribution in [0.2, 0.25) is 0 Å². The van der Waals surface area contributed by atoms with Crippen molar-refractivity contribution in [2.75, 3.05) is 20.3 Å². The molecule has 1 fully saturated rings. The Morgan fingerprint density at radius 3 is 2.11 bits per heavy atom. The monoisotopic (exact) mass is 244 g/mol. The van der Waals surface area contributed by atoms with Crippen molar-refractivity contribution in [1.29, 1.82) is 5.26 Å². The Morgan fingerprint density at radius 1 is 1.22 bits per heavy atom.